The number of hydrogen-bond donors (Lipinski definition) is 2. The van der Waals surface area contributed by atoms with Crippen molar-refractivity contribution in [3.63, 3.8) is 0 Å². The van der Waals surface area contributed by atoms with E-state index in [0.29, 0.717) is 12.5 Å². The van der Waals surface area contributed by atoms with Crippen LogP contribution in [-0.4, -0.2) is 36.0 Å². The van der Waals surface area contributed by atoms with Crippen molar-refractivity contribution in [1.82, 2.24) is 15.3 Å². The molecule has 0 atom stereocenters. The molecule has 1 aliphatic carbocycles. The third-order valence-electron chi connectivity index (χ3n) is 5.82. The topological polar surface area (TPSA) is 70.2 Å². The summed E-state index contributed by atoms with van der Waals surface area (Å²) in [6.45, 7) is 0.572. The third kappa shape index (κ3) is 5.34. The Morgan fingerprint density at radius 1 is 1.03 bits per heavy atom. The molecule has 0 aliphatic heterocycles. The van der Waals surface area contributed by atoms with Crippen molar-refractivity contribution in [1.29, 1.82) is 0 Å². The van der Waals surface area contributed by atoms with Crippen LogP contribution in [-0.2, 0) is 11.3 Å². The predicted octanol–water partition coefficient (Wildman–Crippen LogP) is 4.75. The number of fused-ring (bicyclic) bond motifs is 1. The van der Waals surface area contributed by atoms with E-state index in [0.717, 1.165) is 52.4 Å². The van der Waals surface area contributed by atoms with Crippen molar-refractivity contribution in [2.75, 3.05) is 24.3 Å². The van der Waals surface area contributed by atoms with E-state index < -0.39 is 0 Å². The molecule has 4 rings (SSSR count). The van der Waals surface area contributed by atoms with Crippen LogP contribution in [0.1, 0.15) is 31.2 Å². The van der Waals surface area contributed by atoms with Crippen molar-refractivity contribution in [2.45, 2.75) is 38.3 Å². The Bertz CT molecular complexity index is 1050. The van der Waals surface area contributed by atoms with Crippen molar-refractivity contribution < 1.29 is 4.79 Å². The van der Waals surface area contributed by atoms with Crippen molar-refractivity contribution in [2.24, 2.45) is 5.92 Å². The van der Waals surface area contributed by atoms with Crippen LogP contribution in [0.4, 0.5) is 11.8 Å². The molecule has 0 saturated heterocycles. The van der Waals surface area contributed by atoms with E-state index in [1.807, 2.05) is 67.5 Å². The van der Waals surface area contributed by atoms with Crippen LogP contribution in [0.2, 0.25) is 0 Å². The fourth-order valence-electron chi connectivity index (χ4n) is 4.08. The molecule has 1 saturated carbocycles. The van der Waals surface area contributed by atoms with E-state index in [1.165, 1.54) is 0 Å². The normalized spacial score (nSPS) is 18.5. The van der Waals surface area contributed by atoms with Gasteiger partial charge in [0.2, 0.25) is 11.9 Å². The second-order valence-corrected chi connectivity index (χ2v) is 9.24. The zero-order valence-corrected chi connectivity index (χ0v) is 19.5. The number of nitrogens with one attached hydrogen (secondary N) is 2. The molecule has 7 heteroatoms. The van der Waals surface area contributed by atoms with Gasteiger partial charge in [-0.15, -0.1) is 0 Å². The highest BCUT2D eigenvalue weighted by atomic mass is 79.9. The Balaban J connectivity index is 1.33. The van der Waals surface area contributed by atoms with Crippen LogP contribution >= 0.6 is 15.9 Å². The van der Waals surface area contributed by atoms with Gasteiger partial charge in [0, 0.05) is 42.5 Å². The zero-order chi connectivity index (χ0) is 21.8. The maximum absolute atomic E-state index is 12.6. The number of carbonyl (C=O) groups is 1. The molecule has 0 radical (unpaired) electrons. The lowest BCUT2D eigenvalue weighted by Crippen LogP contribution is -2.35. The van der Waals surface area contributed by atoms with Gasteiger partial charge >= 0.3 is 0 Å². The minimum atomic E-state index is 0.0726. The lowest BCUT2D eigenvalue weighted by molar-refractivity contribution is -0.126. The molecule has 1 aliphatic rings. The molecule has 1 fully saturated rings. The van der Waals surface area contributed by atoms with Crippen molar-refractivity contribution >= 4 is 44.5 Å². The second kappa shape index (κ2) is 9.64. The molecule has 0 bridgehead atoms. The van der Waals surface area contributed by atoms with E-state index in [9.17, 15) is 4.79 Å². The number of para-hydroxylation sites is 1. The number of carbonyl (C=O) groups excluding carboxylic acids is 1. The van der Waals surface area contributed by atoms with Gasteiger partial charge in [0.15, 0.2) is 0 Å². The molecule has 0 unspecified atom stereocenters. The van der Waals surface area contributed by atoms with Crippen LogP contribution in [0.15, 0.2) is 53.0 Å². The molecule has 6 nitrogen and oxygen atoms in total. The average Bonchev–Trinajstić information content (AvgIpc) is 2.78. The van der Waals surface area contributed by atoms with Gasteiger partial charge in [-0.05, 0) is 55.5 Å². The second-order valence-electron chi connectivity index (χ2n) is 8.32. The highest BCUT2D eigenvalue weighted by molar-refractivity contribution is 9.10. The first-order valence-corrected chi connectivity index (χ1v) is 11.5. The van der Waals surface area contributed by atoms with E-state index in [1.54, 1.807) is 0 Å². The molecule has 1 aromatic heterocycles. The standard InChI is InChI=1S/C24H28BrN5O/c1-30(2)22-20-5-3-4-6-21(20)28-24(29-22)27-19-13-9-17(10-14-19)23(31)26-15-16-7-11-18(25)12-8-16/h3-8,11-12,17,19H,9-10,13-15H2,1-2H3,(H,26,31)(H,27,28,29). The number of anilines is 2. The quantitative estimate of drug-likeness (QED) is 0.531. The minimum absolute atomic E-state index is 0.0726. The van der Waals surface area contributed by atoms with Gasteiger partial charge < -0.3 is 15.5 Å². The van der Waals surface area contributed by atoms with Crippen LogP contribution in [0.3, 0.4) is 0 Å². The Hall–Kier alpha value is -2.67. The van der Waals surface area contributed by atoms with Crippen LogP contribution in [0.25, 0.3) is 10.9 Å². The first-order valence-electron chi connectivity index (χ1n) is 10.7. The predicted molar refractivity (Wildman–Crippen MR) is 129 cm³/mol. The Morgan fingerprint density at radius 3 is 2.45 bits per heavy atom. The highest BCUT2D eigenvalue weighted by Crippen LogP contribution is 2.28. The summed E-state index contributed by atoms with van der Waals surface area (Å²) in [5, 5.41) is 7.64. The maximum atomic E-state index is 12.6. The maximum Gasteiger partial charge on any atom is 0.225 e. The molecule has 162 valence electrons. The van der Waals surface area contributed by atoms with Gasteiger partial charge in [-0.3, -0.25) is 4.79 Å². The SMILES string of the molecule is CN(C)c1nc(NC2CCC(C(=O)NCc3ccc(Br)cc3)CC2)nc2ccccc12. The van der Waals surface area contributed by atoms with Crippen LogP contribution < -0.4 is 15.5 Å². The Kier molecular flexibility index (Phi) is 6.70. The number of amides is 1. The first-order chi connectivity index (χ1) is 15.0. The number of hydrogen-bond acceptors (Lipinski definition) is 5. The molecule has 3 aromatic rings. The summed E-state index contributed by atoms with van der Waals surface area (Å²) in [5.74, 6) is 1.79. The number of aromatic nitrogens is 2. The average molecular weight is 482 g/mol. The van der Waals surface area contributed by atoms with Gasteiger partial charge in [-0.25, -0.2) is 4.98 Å². The Morgan fingerprint density at radius 2 is 1.74 bits per heavy atom. The smallest absolute Gasteiger partial charge is 0.225 e. The molecular weight excluding hydrogens is 454 g/mol. The lowest BCUT2D eigenvalue weighted by Gasteiger charge is -2.28. The highest BCUT2D eigenvalue weighted by Gasteiger charge is 2.26. The van der Waals surface area contributed by atoms with E-state index in [2.05, 4.69) is 26.6 Å². The fourth-order valence-corrected chi connectivity index (χ4v) is 4.35. The summed E-state index contributed by atoms with van der Waals surface area (Å²) in [4.78, 5) is 24.1. The largest absolute Gasteiger partial charge is 0.362 e. The van der Waals surface area contributed by atoms with Crippen molar-refractivity contribution in [3.8, 4) is 0 Å². The summed E-state index contributed by atoms with van der Waals surface area (Å²) < 4.78 is 1.04. The number of halogens is 1. The lowest BCUT2D eigenvalue weighted by atomic mass is 9.85. The van der Waals surface area contributed by atoms with Crippen LogP contribution in [0.5, 0.6) is 0 Å². The molecule has 1 heterocycles. The van der Waals surface area contributed by atoms with Gasteiger partial charge in [-0.2, -0.15) is 4.98 Å². The summed E-state index contributed by atoms with van der Waals surface area (Å²) in [7, 11) is 3.99. The molecule has 0 spiro atoms. The Labute approximate surface area is 191 Å². The molecular formula is C24H28BrN5O. The van der Waals surface area contributed by atoms with Gasteiger partial charge in [0.25, 0.3) is 0 Å². The molecule has 31 heavy (non-hydrogen) atoms. The third-order valence-corrected chi connectivity index (χ3v) is 6.35. The van der Waals surface area contributed by atoms with Gasteiger partial charge in [-0.1, -0.05) is 40.2 Å². The fraction of sp³-hybridized carbons (Fsp3) is 0.375. The number of nitrogens with zero attached hydrogens (tertiary/aromatic N) is 3. The number of rotatable bonds is 6. The summed E-state index contributed by atoms with van der Waals surface area (Å²) >= 11 is 3.44. The molecule has 1 amide bonds. The summed E-state index contributed by atoms with van der Waals surface area (Å²) in [6, 6.07) is 16.4. The van der Waals surface area contributed by atoms with Crippen LogP contribution in [0, 0.1) is 5.92 Å². The zero-order valence-electron chi connectivity index (χ0n) is 17.9. The van der Waals surface area contributed by atoms with E-state index in [-0.39, 0.29) is 17.9 Å². The van der Waals surface area contributed by atoms with E-state index in [4.69, 9.17) is 9.97 Å². The minimum Gasteiger partial charge on any atom is -0.362 e. The molecule has 2 aromatic carbocycles. The summed E-state index contributed by atoms with van der Waals surface area (Å²) in [5.41, 5.74) is 2.04. The summed E-state index contributed by atoms with van der Waals surface area (Å²) in [6.07, 6.45) is 3.61. The van der Waals surface area contributed by atoms with Crippen molar-refractivity contribution in [3.05, 3.63) is 58.6 Å². The van der Waals surface area contributed by atoms with Gasteiger partial charge in [0.1, 0.15) is 5.82 Å². The molecule has 2 N–H and O–H groups in total. The monoisotopic (exact) mass is 481 g/mol. The number of benzene rings is 2. The van der Waals surface area contributed by atoms with Gasteiger partial charge in [0.05, 0.1) is 5.52 Å². The van der Waals surface area contributed by atoms with E-state index >= 15 is 0 Å². The first kappa shape index (κ1) is 21.6.